The fourth-order valence-corrected chi connectivity index (χ4v) is 4.57. The predicted octanol–water partition coefficient (Wildman–Crippen LogP) is 3.16. The van der Waals surface area contributed by atoms with E-state index < -0.39 is 0 Å². The predicted molar refractivity (Wildman–Crippen MR) is 105 cm³/mol. The van der Waals surface area contributed by atoms with Gasteiger partial charge >= 0.3 is 5.97 Å². The molecule has 0 atom stereocenters. The number of fused-ring (bicyclic) bond motifs is 1. The third-order valence-electron chi connectivity index (χ3n) is 4.77. The number of esters is 1. The number of aromatic nitrogens is 2. The first kappa shape index (κ1) is 19.6. The van der Waals surface area contributed by atoms with Gasteiger partial charge in [0.15, 0.2) is 0 Å². The summed E-state index contributed by atoms with van der Waals surface area (Å²) in [6.45, 7) is 10.6. The van der Waals surface area contributed by atoms with Crippen molar-refractivity contribution in [3.63, 3.8) is 0 Å². The molecule has 0 aliphatic carbocycles. The van der Waals surface area contributed by atoms with E-state index in [-0.39, 0.29) is 11.9 Å². The molecule has 0 saturated heterocycles. The lowest BCUT2D eigenvalue weighted by atomic mass is 10.0. The second kappa shape index (κ2) is 8.22. The maximum Gasteiger partial charge on any atom is 0.341 e. The molecule has 8 heteroatoms. The van der Waals surface area contributed by atoms with Crippen LogP contribution in [0.4, 0.5) is 5.00 Å². The van der Waals surface area contributed by atoms with Crippen LogP contribution in [0.25, 0.3) is 0 Å². The zero-order valence-corrected chi connectivity index (χ0v) is 17.1. The average molecular weight is 391 g/mol. The fourth-order valence-electron chi connectivity index (χ4n) is 3.32. The number of hydrogen-bond donors (Lipinski definition) is 1. The SMILES string of the molecule is CCOC(=O)c1c(NC(=O)c2ccnn2CC)sc2c1CCN(C(C)C)C2. The van der Waals surface area contributed by atoms with Crippen LogP contribution in [0.1, 0.15) is 59.0 Å². The van der Waals surface area contributed by atoms with Crippen molar-refractivity contribution in [1.82, 2.24) is 14.7 Å². The lowest BCUT2D eigenvalue weighted by Crippen LogP contribution is -2.35. The Morgan fingerprint density at radius 1 is 1.37 bits per heavy atom. The van der Waals surface area contributed by atoms with Crippen LogP contribution in [0.5, 0.6) is 0 Å². The van der Waals surface area contributed by atoms with Gasteiger partial charge in [-0.3, -0.25) is 14.4 Å². The summed E-state index contributed by atoms with van der Waals surface area (Å²) in [5, 5.41) is 7.63. The van der Waals surface area contributed by atoms with Crippen LogP contribution in [0.15, 0.2) is 12.3 Å². The van der Waals surface area contributed by atoms with Crippen molar-refractivity contribution in [2.45, 2.75) is 53.2 Å². The third-order valence-corrected chi connectivity index (χ3v) is 5.90. The number of carbonyl (C=O) groups is 2. The molecule has 1 amide bonds. The van der Waals surface area contributed by atoms with Crippen LogP contribution in [0.2, 0.25) is 0 Å². The van der Waals surface area contributed by atoms with Gasteiger partial charge in [0.25, 0.3) is 5.91 Å². The maximum absolute atomic E-state index is 12.7. The van der Waals surface area contributed by atoms with Gasteiger partial charge in [0.05, 0.1) is 12.2 Å². The van der Waals surface area contributed by atoms with Gasteiger partial charge in [0.2, 0.25) is 0 Å². The number of thiophene rings is 1. The summed E-state index contributed by atoms with van der Waals surface area (Å²) in [5.41, 5.74) is 1.99. The Kier molecular flexibility index (Phi) is 5.96. The van der Waals surface area contributed by atoms with E-state index in [1.54, 1.807) is 23.9 Å². The summed E-state index contributed by atoms with van der Waals surface area (Å²) in [6, 6.07) is 2.11. The van der Waals surface area contributed by atoms with Crippen molar-refractivity contribution < 1.29 is 14.3 Å². The topological polar surface area (TPSA) is 76.5 Å². The highest BCUT2D eigenvalue weighted by molar-refractivity contribution is 7.17. The van der Waals surface area contributed by atoms with E-state index in [4.69, 9.17) is 4.74 Å². The van der Waals surface area contributed by atoms with Crippen molar-refractivity contribution in [1.29, 1.82) is 0 Å². The first-order valence-corrected chi connectivity index (χ1v) is 10.2. The summed E-state index contributed by atoms with van der Waals surface area (Å²) in [5.74, 6) is -0.633. The summed E-state index contributed by atoms with van der Waals surface area (Å²) in [6.07, 6.45) is 2.38. The van der Waals surface area contributed by atoms with Gasteiger partial charge in [-0.05, 0) is 45.7 Å². The van der Waals surface area contributed by atoms with Crippen LogP contribution >= 0.6 is 11.3 Å². The Hall–Kier alpha value is -2.19. The number of nitrogens with zero attached hydrogens (tertiary/aromatic N) is 3. The van der Waals surface area contributed by atoms with Gasteiger partial charge in [-0.25, -0.2) is 4.79 Å². The molecule has 2 aromatic rings. The normalized spacial score (nSPS) is 14.3. The fraction of sp³-hybridized carbons (Fsp3) is 0.526. The number of carbonyl (C=O) groups excluding carboxylic acids is 2. The molecule has 3 heterocycles. The zero-order valence-electron chi connectivity index (χ0n) is 16.2. The largest absolute Gasteiger partial charge is 0.462 e. The Balaban J connectivity index is 1.94. The highest BCUT2D eigenvalue weighted by atomic mass is 32.1. The summed E-state index contributed by atoms with van der Waals surface area (Å²) in [4.78, 5) is 28.8. The van der Waals surface area contributed by atoms with Gasteiger partial charge in [-0.1, -0.05) is 0 Å². The summed E-state index contributed by atoms with van der Waals surface area (Å²) >= 11 is 1.47. The molecule has 2 aromatic heterocycles. The lowest BCUT2D eigenvalue weighted by molar-refractivity contribution is 0.0526. The molecule has 0 radical (unpaired) electrons. The minimum atomic E-state index is -0.368. The van der Waals surface area contributed by atoms with Gasteiger partial charge in [0, 0.05) is 36.8 Å². The van der Waals surface area contributed by atoms with Crippen LogP contribution in [-0.2, 0) is 24.2 Å². The van der Waals surface area contributed by atoms with Crippen LogP contribution in [-0.4, -0.2) is 45.8 Å². The van der Waals surface area contributed by atoms with E-state index >= 15 is 0 Å². The second-order valence-corrected chi connectivity index (χ2v) is 7.83. The van der Waals surface area contributed by atoms with Crippen LogP contribution in [0, 0.1) is 0 Å². The highest BCUT2D eigenvalue weighted by Crippen LogP contribution is 2.38. The van der Waals surface area contributed by atoms with Gasteiger partial charge in [-0.15, -0.1) is 11.3 Å². The molecule has 0 fully saturated rings. The average Bonchev–Trinajstić information content (AvgIpc) is 3.25. The molecule has 0 bridgehead atoms. The number of ether oxygens (including phenoxy) is 1. The third kappa shape index (κ3) is 3.91. The number of aryl methyl sites for hydroxylation is 1. The number of hydrogen-bond acceptors (Lipinski definition) is 6. The first-order valence-electron chi connectivity index (χ1n) is 9.35. The van der Waals surface area contributed by atoms with Crippen molar-refractivity contribution in [2.75, 3.05) is 18.5 Å². The van der Waals surface area contributed by atoms with Crippen molar-refractivity contribution in [3.05, 3.63) is 34.0 Å². The molecule has 0 spiro atoms. The molecule has 7 nitrogen and oxygen atoms in total. The summed E-state index contributed by atoms with van der Waals surface area (Å²) < 4.78 is 6.90. The lowest BCUT2D eigenvalue weighted by Gasteiger charge is -2.30. The molecule has 0 aromatic carbocycles. The number of anilines is 1. The smallest absolute Gasteiger partial charge is 0.341 e. The van der Waals surface area contributed by atoms with Crippen molar-refractivity contribution in [3.8, 4) is 0 Å². The Morgan fingerprint density at radius 2 is 2.15 bits per heavy atom. The molecule has 0 saturated carbocycles. The Morgan fingerprint density at radius 3 is 2.81 bits per heavy atom. The molecule has 146 valence electrons. The standard InChI is InChI=1S/C19H26N4O3S/c1-5-23-14(7-9-20-23)17(24)21-18-16(19(25)26-6-2)13-8-10-22(12(3)4)11-15(13)27-18/h7,9,12H,5-6,8,10-11H2,1-4H3,(H,21,24). The number of nitrogens with one attached hydrogen (secondary N) is 1. The van der Waals surface area contributed by atoms with Gasteiger partial charge in [-0.2, -0.15) is 5.10 Å². The van der Waals surface area contributed by atoms with Crippen LogP contribution < -0.4 is 5.32 Å². The quantitative estimate of drug-likeness (QED) is 0.767. The van der Waals surface area contributed by atoms with E-state index in [0.717, 1.165) is 30.0 Å². The molecule has 27 heavy (non-hydrogen) atoms. The highest BCUT2D eigenvalue weighted by Gasteiger charge is 2.30. The Bertz CT molecular complexity index is 840. The molecule has 1 aliphatic rings. The van der Waals surface area contributed by atoms with E-state index in [0.29, 0.717) is 35.5 Å². The first-order chi connectivity index (χ1) is 13.0. The number of rotatable bonds is 6. The molecule has 0 unspecified atom stereocenters. The van der Waals surface area contributed by atoms with E-state index in [1.807, 2.05) is 6.92 Å². The molecule has 1 aliphatic heterocycles. The molecule has 1 N–H and O–H groups in total. The van der Waals surface area contributed by atoms with Crippen molar-refractivity contribution in [2.24, 2.45) is 0 Å². The van der Waals surface area contributed by atoms with Crippen LogP contribution in [0.3, 0.4) is 0 Å². The van der Waals surface area contributed by atoms with Gasteiger partial charge < -0.3 is 10.1 Å². The maximum atomic E-state index is 12.7. The molecule has 3 rings (SSSR count). The van der Waals surface area contributed by atoms with E-state index in [9.17, 15) is 9.59 Å². The van der Waals surface area contributed by atoms with E-state index in [1.165, 1.54) is 11.3 Å². The van der Waals surface area contributed by atoms with E-state index in [2.05, 4.69) is 29.2 Å². The van der Waals surface area contributed by atoms with Gasteiger partial charge in [0.1, 0.15) is 10.7 Å². The second-order valence-electron chi connectivity index (χ2n) is 6.73. The minimum Gasteiger partial charge on any atom is -0.462 e. The zero-order chi connectivity index (χ0) is 19.6. The monoisotopic (exact) mass is 390 g/mol. The number of amides is 1. The molecular formula is C19H26N4O3S. The molecular weight excluding hydrogens is 364 g/mol. The minimum absolute atomic E-state index is 0.265. The summed E-state index contributed by atoms with van der Waals surface area (Å²) in [7, 11) is 0. The van der Waals surface area contributed by atoms with Crippen molar-refractivity contribution >= 4 is 28.2 Å². The Labute approximate surface area is 163 Å².